The minimum Gasteiger partial charge on any atom is -0.504 e. The zero-order valence-corrected chi connectivity index (χ0v) is 11.8. The molecular weight excluding hydrogens is 272 g/mol. The van der Waals surface area contributed by atoms with Gasteiger partial charge in [-0.1, -0.05) is 0 Å². The Kier molecular flexibility index (Phi) is 2.62. The number of carboxylic acids is 1. The zero-order valence-electron chi connectivity index (χ0n) is 11.8. The first-order chi connectivity index (χ1) is 10.1. The van der Waals surface area contributed by atoms with Gasteiger partial charge in [0.05, 0.1) is 18.6 Å². The smallest absolute Gasteiger partial charge is 0.314 e. The predicted molar refractivity (Wildman–Crippen MR) is 74.3 cm³/mol. The average molecular weight is 290 g/mol. The molecular formula is C16H18O5. The number of aliphatic carboxylic acids is 1. The normalized spacial score (nSPS) is 21.5. The van der Waals surface area contributed by atoms with Gasteiger partial charge >= 0.3 is 5.97 Å². The highest BCUT2D eigenvalue weighted by molar-refractivity contribution is 5.88. The Balaban J connectivity index is 2.02. The van der Waals surface area contributed by atoms with E-state index in [1.807, 2.05) is 0 Å². The van der Waals surface area contributed by atoms with Crippen LogP contribution in [-0.2, 0) is 23.1 Å². The molecule has 3 aliphatic rings. The Hall–Kier alpha value is -1.91. The van der Waals surface area contributed by atoms with Gasteiger partial charge < -0.3 is 19.7 Å². The molecule has 1 saturated carbocycles. The summed E-state index contributed by atoms with van der Waals surface area (Å²) < 4.78 is 11.5. The van der Waals surface area contributed by atoms with Crippen molar-refractivity contribution < 1.29 is 24.5 Å². The minimum absolute atomic E-state index is 0.157. The molecule has 2 aliphatic heterocycles. The van der Waals surface area contributed by atoms with Crippen LogP contribution < -0.4 is 9.47 Å². The van der Waals surface area contributed by atoms with Crippen molar-refractivity contribution in [2.45, 2.75) is 43.9 Å². The molecule has 4 rings (SSSR count). The van der Waals surface area contributed by atoms with Crippen LogP contribution in [0.3, 0.4) is 0 Å². The number of hydrogen-bond donors (Lipinski definition) is 2. The summed E-state index contributed by atoms with van der Waals surface area (Å²) in [5, 5.41) is 20.1. The maximum atomic E-state index is 11.8. The molecule has 0 unspecified atom stereocenters. The van der Waals surface area contributed by atoms with Crippen molar-refractivity contribution in [1.82, 2.24) is 0 Å². The summed E-state index contributed by atoms with van der Waals surface area (Å²) in [7, 11) is 0. The fourth-order valence-corrected chi connectivity index (χ4v) is 3.62. The summed E-state index contributed by atoms with van der Waals surface area (Å²) >= 11 is 0. The highest BCUT2D eigenvalue weighted by Gasteiger charge is 2.56. The van der Waals surface area contributed by atoms with E-state index in [0.29, 0.717) is 44.0 Å². The number of ether oxygens (including phenoxy) is 2. The topological polar surface area (TPSA) is 76.0 Å². The van der Waals surface area contributed by atoms with Gasteiger partial charge in [-0.3, -0.25) is 4.79 Å². The summed E-state index contributed by atoms with van der Waals surface area (Å²) in [6, 6.07) is 0. The van der Waals surface area contributed by atoms with E-state index in [2.05, 4.69) is 0 Å². The van der Waals surface area contributed by atoms with Gasteiger partial charge in [-0.05, 0) is 38.5 Å². The number of carbonyl (C=O) groups is 1. The van der Waals surface area contributed by atoms with E-state index in [1.165, 1.54) is 0 Å². The lowest BCUT2D eigenvalue weighted by atomic mass is 9.83. The molecule has 1 aliphatic carbocycles. The molecule has 0 aromatic heterocycles. The Labute approximate surface area is 122 Å². The van der Waals surface area contributed by atoms with Gasteiger partial charge in [-0.25, -0.2) is 0 Å². The van der Waals surface area contributed by atoms with Gasteiger partial charge in [-0.15, -0.1) is 0 Å². The second kappa shape index (κ2) is 4.29. The maximum absolute atomic E-state index is 11.8. The number of fused-ring (bicyclic) bond motifs is 2. The fourth-order valence-electron chi connectivity index (χ4n) is 3.62. The molecule has 5 heteroatoms. The number of aromatic hydroxyl groups is 1. The van der Waals surface area contributed by atoms with Gasteiger partial charge in [0, 0.05) is 16.7 Å². The maximum Gasteiger partial charge on any atom is 0.314 e. The van der Waals surface area contributed by atoms with Crippen LogP contribution in [0.25, 0.3) is 0 Å². The molecule has 1 aromatic carbocycles. The molecule has 1 fully saturated rings. The van der Waals surface area contributed by atoms with Crippen molar-refractivity contribution in [3.05, 3.63) is 16.7 Å². The summed E-state index contributed by atoms with van der Waals surface area (Å²) in [4.78, 5) is 11.8. The van der Waals surface area contributed by atoms with E-state index in [1.54, 1.807) is 0 Å². The van der Waals surface area contributed by atoms with Crippen LogP contribution >= 0.6 is 0 Å². The second-order valence-corrected chi connectivity index (χ2v) is 6.13. The number of phenolic OH excluding ortho intramolecular Hbond substituents is 1. The fraction of sp³-hybridized carbons (Fsp3) is 0.562. The van der Waals surface area contributed by atoms with Crippen LogP contribution in [-0.4, -0.2) is 29.4 Å². The third-order valence-corrected chi connectivity index (χ3v) is 4.85. The Morgan fingerprint density at radius 2 is 1.62 bits per heavy atom. The second-order valence-electron chi connectivity index (χ2n) is 6.13. The molecule has 0 bridgehead atoms. The number of phenols is 1. The zero-order chi connectivity index (χ0) is 14.6. The molecule has 5 nitrogen and oxygen atoms in total. The van der Waals surface area contributed by atoms with Crippen LogP contribution in [0.2, 0.25) is 0 Å². The number of carboxylic acid groups (broad SMARTS) is 1. The van der Waals surface area contributed by atoms with Crippen molar-refractivity contribution in [3.63, 3.8) is 0 Å². The number of benzene rings is 1. The van der Waals surface area contributed by atoms with Crippen LogP contribution in [0.15, 0.2) is 0 Å². The molecule has 0 amide bonds. The quantitative estimate of drug-likeness (QED) is 0.873. The Morgan fingerprint density at radius 3 is 2.24 bits per heavy atom. The van der Waals surface area contributed by atoms with E-state index in [-0.39, 0.29) is 5.75 Å². The SMILES string of the molecule is O=C(O)C1(c2c3c(c(O)c4c2OCCC4)OCCC3)CC1. The van der Waals surface area contributed by atoms with Crippen molar-refractivity contribution in [3.8, 4) is 17.2 Å². The van der Waals surface area contributed by atoms with E-state index < -0.39 is 11.4 Å². The van der Waals surface area contributed by atoms with Gasteiger partial charge in [0.25, 0.3) is 0 Å². The lowest BCUT2D eigenvalue weighted by Crippen LogP contribution is -2.26. The van der Waals surface area contributed by atoms with Gasteiger partial charge in [-0.2, -0.15) is 0 Å². The molecule has 1 aromatic rings. The average Bonchev–Trinajstić information content (AvgIpc) is 3.29. The highest BCUT2D eigenvalue weighted by Crippen LogP contribution is 2.58. The molecule has 0 saturated heterocycles. The molecule has 0 radical (unpaired) electrons. The number of hydrogen-bond acceptors (Lipinski definition) is 4. The molecule has 0 atom stereocenters. The summed E-state index contributed by atoms with van der Waals surface area (Å²) in [5.41, 5.74) is 1.51. The minimum atomic E-state index is -0.833. The third kappa shape index (κ3) is 1.66. The first-order valence-electron chi connectivity index (χ1n) is 7.55. The largest absolute Gasteiger partial charge is 0.504 e. The van der Waals surface area contributed by atoms with E-state index >= 15 is 0 Å². The van der Waals surface area contributed by atoms with Crippen molar-refractivity contribution >= 4 is 5.97 Å². The van der Waals surface area contributed by atoms with Gasteiger partial charge in [0.15, 0.2) is 11.5 Å². The summed E-state index contributed by atoms with van der Waals surface area (Å²) in [5.74, 6) is 0.470. The monoisotopic (exact) mass is 290 g/mol. The van der Waals surface area contributed by atoms with Crippen molar-refractivity contribution in [2.24, 2.45) is 0 Å². The van der Waals surface area contributed by atoms with E-state index in [9.17, 15) is 15.0 Å². The Morgan fingerprint density at radius 1 is 1.00 bits per heavy atom. The highest BCUT2D eigenvalue weighted by atomic mass is 16.5. The van der Waals surface area contributed by atoms with E-state index in [0.717, 1.165) is 36.0 Å². The number of rotatable bonds is 2. The molecule has 112 valence electrons. The van der Waals surface area contributed by atoms with Crippen molar-refractivity contribution in [1.29, 1.82) is 0 Å². The first kappa shape index (κ1) is 12.8. The van der Waals surface area contributed by atoms with Crippen LogP contribution in [0.4, 0.5) is 0 Å². The lowest BCUT2D eigenvalue weighted by molar-refractivity contribution is -0.140. The van der Waals surface area contributed by atoms with Crippen LogP contribution in [0.5, 0.6) is 17.2 Å². The molecule has 2 heterocycles. The van der Waals surface area contributed by atoms with Gasteiger partial charge in [0.1, 0.15) is 5.75 Å². The van der Waals surface area contributed by atoms with Crippen molar-refractivity contribution in [2.75, 3.05) is 13.2 Å². The van der Waals surface area contributed by atoms with Crippen LogP contribution in [0, 0.1) is 0 Å². The van der Waals surface area contributed by atoms with E-state index in [4.69, 9.17) is 9.47 Å². The lowest BCUT2D eigenvalue weighted by Gasteiger charge is -2.30. The predicted octanol–water partition coefficient (Wildman–Crippen LogP) is 2.16. The first-order valence-corrected chi connectivity index (χ1v) is 7.55. The molecule has 2 N–H and O–H groups in total. The molecule has 21 heavy (non-hydrogen) atoms. The summed E-state index contributed by atoms with van der Waals surface area (Å²) in [6.45, 7) is 1.15. The molecule has 0 spiro atoms. The standard InChI is InChI=1S/C16H18O5/c17-12-10-4-2-7-20-13(10)11(16(5-6-16)15(18)19)9-3-1-8-21-14(9)12/h17H,1-8H2,(H,18,19). The third-order valence-electron chi connectivity index (χ3n) is 4.85. The summed E-state index contributed by atoms with van der Waals surface area (Å²) in [6.07, 6.45) is 4.39. The van der Waals surface area contributed by atoms with Crippen LogP contribution in [0.1, 0.15) is 42.4 Å². The Bertz CT molecular complexity index is 593. The van der Waals surface area contributed by atoms with Gasteiger partial charge in [0.2, 0.25) is 0 Å².